The van der Waals surface area contributed by atoms with E-state index in [2.05, 4.69) is 0 Å². The highest BCUT2D eigenvalue weighted by Gasteiger charge is 2.32. The molecule has 0 N–H and O–H groups in total. The van der Waals surface area contributed by atoms with Crippen LogP contribution in [0.1, 0.15) is 24.3 Å². The predicted molar refractivity (Wildman–Crippen MR) is 60.0 cm³/mol. The molecule has 80 valence electrons. The number of carbonyl (C=O) groups excluding carboxylic acids is 1. The summed E-state index contributed by atoms with van der Waals surface area (Å²) in [4.78, 5) is 11.3. The highest BCUT2D eigenvalue weighted by molar-refractivity contribution is 6.43. The zero-order chi connectivity index (χ0) is 11.0. The van der Waals surface area contributed by atoms with Gasteiger partial charge in [-0.05, 0) is 18.1 Å². The average Bonchev–Trinajstić information content (AvgIpc) is 2.23. The number of hydrogen-bond donors (Lipinski definition) is 0. The maximum atomic E-state index is 11.3. The topological polar surface area (TPSA) is 26.3 Å². The minimum atomic E-state index is -0.0686. The first kappa shape index (κ1) is 10.8. The van der Waals surface area contributed by atoms with Crippen molar-refractivity contribution in [3.8, 4) is 5.75 Å². The lowest BCUT2D eigenvalue weighted by Crippen LogP contribution is -2.23. The molecular formula is C11H10Cl2O2. The van der Waals surface area contributed by atoms with Gasteiger partial charge in [0.15, 0.2) is 0 Å². The Balaban J connectivity index is 2.41. The Hall–Kier alpha value is -0.730. The molecule has 1 aliphatic rings. The summed E-state index contributed by atoms with van der Waals surface area (Å²) in [7, 11) is 1.53. The summed E-state index contributed by atoms with van der Waals surface area (Å²) >= 11 is 12.1. The van der Waals surface area contributed by atoms with Crippen LogP contribution in [0.2, 0.25) is 10.0 Å². The Morgan fingerprint density at radius 3 is 2.53 bits per heavy atom. The van der Waals surface area contributed by atoms with E-state index in [1.165, 1.54) is 7.11 Å². The molecule has 0 heterocycles. The van der Waals surface area contributed by atoms with Crippen LogP contribution in [0.4, 0.5) is 0 Å². The highest BCUT2D eigenvalue weighted by Crippen LogP contribution is 2.42. The van der Waals surface area contributed by atoms with Gasteiger partial charge < -0.3 is 4.74 Å². The normalized spacial score (nSPS) is 19.9. The largest absolute Gasteiger partial charge is 0.495 e. The first-order valence-corrected chi connectivity index (χ1v) is 5.45. The van der Waals surface area contributed by atoms with Gasteiger partial charge in [0.1, 0.15) is 16.6 Å². The molecule has 1 aliphatic carbocycles. The van der Waals surface area contributed by atoms with Crippen molar-refractivity contribution in [3.05, 3.63) is 27.7 Å². The zero-order valence-electron chi connectivity index (χ0n) is 8.22. The van der Waals surface area contributed by atoms with E-state index >= 15 is 0 Å². The lowest BCUT2D eigenvalue weighted by Gasteiger charge is -2.25. The summed E-state index contributed by atoms with van der Waals surface area (Å²) in [6, 6.07) is 3.56. The van der Waals surface area contributed by atoms with E-state index in [9.17, 15) is 4.79 Å². The molecule has 1 fully saturated rings. The lowest BCUT2D eigenvalue weighted by atomic mass is 9.78. The molecule has 0 aliphatic heterocycles. The number of hydrogen-bond acceptors (Lipinski definition) is 2. The Morgan fingerprint density at radius 1 is 1.33 bits per heavy atom. The van der Waals surface area contributed by atoms with Gasteiger partial charge in [0.25, 0.3) is 0 Å². The molecule has 0 spiro atoms. The summed E-state index contributed by atoms with van der Waals surface area (Å²) in [5, 5.41) is 0.824. The van der Waals surface area contributed by atoms with Crippen molar-refractivity contribution < 1.29 is 9.53 Å². The molecule has 0 amide bonds. The van der Waals surface area contributed by atoms with Crippen molar-refractivity contribution in [2.24, 2.45) is 0 Å². The van der Waals surface area contributed by atoms with Gasteiger partial charge in [0, 0.05) is 12.3 Å². The molecule has 0 radical (unpaired) electrons. The summed E-state index contributed by atoms with van der Waals surface area (Å²) in [6.45, 7) is 0. The molecule has 0 aromatic heterocycles. The number of Topliss-reactive ketones (excluding diaryl/α,β-unsaturated/α-hetero) is 1. The van der Waals surface area contributed by atoms with Crippen molar-refractivity contribution in [2.75, 3.05) is 7.11 Å². The Labute approximate surface area is 98.1 Å². The van der Waals surface area contributed by atoms with Gasteiger partial charge in [-0.1, -0.05) is 29.3 Å². The van der Waals surface area contributed by atoms with Crippen LogP contribution >= 0.6 is 23.2 Å². The fourth-order valence-electron chi connectivity index (χ4n) is 1.71. The summed E-state index contributed by atoms with van der Waals surface area (Å²) in [6.07, 6.45) is 1.51. The monoisotopic (exact) mass is 244 g/mol. The molecule has 2 rings (SSSR count). The molecule has 2 nitrogen and oxygen atoms in total. The average molecular weight is 245 g/mol. The zero-order valence-corrected chi connectivity index (χ0v) is 9.73. The molecule has 0 saturated heterocycles. The quantitative estimate of drug-likeness (QED) is 0.797. The van der Waals surface area contributed by atoms with E-state index in [1.807, 2.05) is 6.07 Å². The summed E-state index contributed by atoms with van der Waals surface area (Å²) < 4.78 is 5.04. The van der Waals surface area contributed by atoms with E-state index in [0.717, 1.165) is 12.0 Å². The van der Waals surface area contributed by atoms with Crippen LogP contribution in [-0.2, 0) is 4.79 Å². The minimum absolute atomic E-state index is 0.0686. The van der Waals surface area contributed by atoms with Crippen LogP contribution < -0.4 is 4.74 Å². The van der Waals surface area contributed by atoms with Crippen molar-refractivity contribution in [2.45, 2.75) is 18.8 Å². The third-order valence-corrected chi connectivity index (χ3v) is 3.62. The van der Waals surface area contributed by atoms with Gasteiger partial charge >= 0.3 is 0 Å². The maximum Gasteiger partial charge on any atom is 0.140 e. The number of rotatable bonds is 2. The SMILES string of the molecule is COc1ccc(C2CCC2=O)c(Cl)c1Cl. The van der Waals surface area contributed by atoms with E-state index in [4.69, 9.17) is 27.9 Å². The van der Waals surface area contributed by atoms with Gasteiger partial charge in [-0.2, -0.15) is 0 Å². The first-order chi connectivity index (χ1) is 7.15. The number of carbonyl (C=O) groups is 1. The van der Waals surface area contributed by atoms with Crippen LogP contribution in [0.3, 0.4) is 0 Å². The van der Waals surface area contributed by atoms with Crippen LogP contribution in [0.25, 0.3) is 0 Å². The van der Waals surface area contributed by atoms with Crippen molar-refractivity contribution in [1.82, 2.24) is 0 Å². The number of benzene rings is 1. The van der Waals surface area contributed by atoms with E-state index in [0.29, 0.717) is 22.2 Å². The molecule has 1 aromatic carbocycles. The number of halogens is 2. The highest BCUT2D eigenvalue weighted by atomic mass is 35.5. The van der Waals surface area contributed by atoms with Gasteiger partial charge in [-0.3, -0.25) is 4.79 Å². The van der Waals surface area contributed by atoms with Crippen LogP contribution in [0, 0.1) is 0 Å². The van der Waals surface area contributed by atoms with Crippen molar-refractivity contribution in [3.63, 3.8) is 0 Å². The molecule has 15 heavy (non-hydrogen) atoms. The summed E-state index contributed by atoms with van der Waals surface area (Å²) in [5.74, 6) is 0.705. The van der Waals surface area contributed by atoms with Gasteiger partial charge in [0.05, 0.1) is 12.1 Å². The first-order valence-electron chi connectivity index (χ1n) is 4.69. The number of ether oxygens (including phenoxy) is 1. The summed E-state index contributed by atoms with van der Waals surface area (Å²) in [5.41, 5.74) is 0.818. The molecule has 1 atom stereocenters. The number of methoxy groups -OCH3 is 1. The van der Waals surface area contributed by atoms with Gasteiger partial charge in [-0.25, -0.2) is 0 Å². The van der Waals surface area contributed by atoms with E-state index in [1.54, 1.807) is 6.07 Å². The second kappa shape index (κ2) is 4.03. The number of ketones is 1. The predicted octanol–water partition coefficient (Wildman–Crippen LogP) is 3.45. The van der Waals surface area contributed by atoms with Crippen molar-refractivity contribution >= 4 is 29.0 Å². The molecule has 0 bridgehead atoms. The third-order valence-electron chi connectivity index (χ3n) is 2.74. The second-order valence-corrected chi connectivity index (χ2v) is 4.30. The standard InChI is InChI=1S/C11H10Cl2O2/c1-15-9-5-3-7(10(12)11(9)13)6-2-4-8(6)14/h3,5-6H,2,4H2,1H3. The Bertz CT molecular complexity index is 415. The van der Waals surface area contributed by atoms with E-state index < -0.39 is 0 Å². The lowest BCUT2D eigenvalue weighted by molar-refractivity contribution is -0.125. The molecular weight excluding hydrogens is 235 g/mol. The Morgan fingerprint density at radius 2 is 2.07 bits per heavy atom. The van der Waals surface area contributed by atoms with Gasteiger partial charge in [0.2, 0.25) is 0 Å². The Kier molecular flexibility index (Phi) is 2.89. The fraction of sp³-hybridized carbons (Fsp3) is 0.364. The smallest absolute Gasteiger partial charge is 0.140 e. The molecule has 1 aromatic rings. The molecule has 4 heteroatoms. The second-order valence-electron chi connectivity index (χ2n) is 3.54. The van der Waals surface area contributed by atoms with Crippen LogP contribution in [0.15, 0.2) is 12.1 Å². The third kappa shape index (κ3) is 1.72. The van der Waals surface area contributed by atoms with Crippen molar-refractivity contribution in [1.29, 1.82) is 0 Å². The fourth-order valence-corrected chi connectivity index (χ4v) is 2.25. The molecule has 1 unspecified atom stereocenters. The van der Waals surface area contributed by atoms with Crippen LogP contribution in [-0.4, -0.2) is 12.9 Å². The van der Waals surface area contributed by atoms with Gasteiger partial charge in [-0.15, -0.1) is 0 Å². The minimum Gasteiger partial charge on any atom is -0.495 e. The molecule has 1 saturated carbocycles. The maximum absolute atomic E-state index is 11.3. The van der Waals surface area contributed by atoms with Crippen LogP contribution in [0.5, 0.6) is 5.75 Å². The van der Waals surface area contributed by atoms with E-state index in [-0.39, 0.29) is 11.7 Å².